The smallest absolute Gasteiger partial charge is 0.251 e. The molecule has 0 aromatic carbocycles. The summed E-state index contributed by atoms with van der Waals surface area (Å²) >= 11 is 0. The number of ether oxygens (including phenoxy) is 1. The summed E-state index contributed by atoms with van der Waals surface area (Å²) < 4.78 is 5.43. The molecule has 2 aliphatic heterocycles. The van der Waals surface area contributed by atoms with E-state index in [2.05, 4.69) is 0 Å². The third kappa shape index (κ3) is 4.68. The Hall–Kier alpha value is -1.14. The number of hydrogen-bond donors (Lipinski definition) is 1. The van der Waals surface area contributed by atoms with Gasteiger partial charge in [-0.25, -0.2) is 0 Å². The summed E-state index contributed by atoms with van der Waals surface area (Å²) in [5, 5.41) is 0. The van der Waals surface area contributed by atoms with Crippen molar-refractivity contribution >= 4 is 11.8 Å². The molecule has 120 valence electrons. The molecule has 21 heavy (non-hydrogen) atoms. The minimum atomic E-state index is -0.312. The number of amides is 2. The monoisotopic (exact) mass is 297 g/mol. The lowest BCUT2D eigenvalue weighted by Crippen LogP contribution is -2.53. The first kappa shape index (κ1) is 16.2. The second-order valence-corrected chi connectivity index (χ2v) is 6.70. The Bertz CT molecular complexity index is 378. The predicted octanol–water partition coefficient (Wildman–Crippen LogP) is 0.354. The third-order valence-electron chi connectivity index (χ3n) is 4.13. The van der Waals surface area contributed by atoms with Crippen LogP contribution in [0.5, 0.6) is 0 Å². The van der Waals surface area contributed by atoms with Crippen molar-refractivity contribution in [2.24, 2.45) is 5.73 Å². The summed E-state index contributed by atoms with van der Waals surface area (Å²) in [6.45, 7) is 6.98. The van der Waals surface area contributed by atoms with E-state index in [0.717, 1.165) is 12.8 Å². The lowest BCUT2D eigenvalue weighted by atomic mass is 9.99. The summed E-state index contributed by atoms with van der Waals surface area (Å²) in [6.07, 6.45) is 2.68. The van der Waals surface area contributed by atoms with E-state index in [4.69, 9.17) is 10.5 Å². The van der Waals surface area contributed by atoms with E-state index in [1.165, 1.54) is 0 Å². The topological polar surface area (TPSA) is 75.9 Å². The Morgan fingerprint density at radius 3 is 2.33 bits per heavy atom. The number of rotatable bonds is 4. The highest BCUT2D eigenvalue weighted by Crippen LogP contribution is 2.16. The number of carbonyl (C=O) groups is 2. The lowest BCUT2D eigenvalue weighted by Gasteiger charge is -2.36. The predicted molar refractivity (Wildman–Crippen MR) is 79.6 cm³/mol. The van der Waals surface area contributed by atoms with Crippen LogP contribution in [-0.4, -0.2) is 66.0 Å². The van der Waals surface area contributed by atoms with E-state index in [1.807, 2.05) is 23.6 Å². The highest BCUT2D eigenvalue weighted by atomic mass is 16.5. The van der Waals surface area contributed by atoms with Crippen molar-refractivity contribution in [1.82, 2.24) is 9.80 Å². The first-order valence-electron chi connectivity index (χ1n) is 7.84. The molecule has 0 radical (unpaired) electrons. The van der Waals surface area contributed by atoms with Gasteiger partial charge in [0.1, 0.15) is 6.10 Å². The number of carbonyl (C=O) groups excluding carboxylic acids is 2. The van der Waals surface area contributed by atoms with Crippen LogP contribution in [0.1, 0.15) is 39.5 Å². The average molecular weight is 297 g/mol. The van der Waals surface area contributed by atoms with Crippen molar-refractivity contribution in [3.05, 3.63) is 0 Å². The maximum absolute atomic E-state index is 12.2. The molecule has 0 bridgehead atoms. The molecule has 2 rings (SSSR count). The minimum Gasteiger partial charge on any atom is -0.368 e. The van der Waals surface area contributed by atoms with Crippen LogP contribution in [-0.2, 0) is 14.3 Å². The molecular weight excluding hydrogens is 270 g/mol. The van der Waals surface area contributed by atoms with Crippen molar-refractivity contribution in [3.63, 3.8) is 0 Å². The second-order valence-electron chi connectivity index (χ2n) is 6.70. The maximum Gasteiger partial charge on any atom is 0.251 e. The van der Waals surface area contributed by atoms with E-state index in [0.29, 0.717) is 45.6 Å². The van der Waals surface area contributed by atoms with Crippen molar-refractivity contribution in [3.8, 4) is 0 Å². The molecule has 2 amide bonds. The first-order chi connectivity index (χ1) is 9.87. The fourth-order valence-electron chi connectivity index (χ4n) is 2.74. The van der Waals surface area contributed by atoms with Crippen LogP contribution >= 0.6 is 0 Å². The Morgan fingerprint density at radius 2 is 1.81 bits per heavy atom. The summed E-state index contributed by atoms with van der Waals surface area (Å²) in [5.74, 6) is 0.223. The number of hydrogen-bond acceptors (Lipinski definition) is 4. The van der Waals surface area contributed by atoms with Gasteiger partial charge in [-0.15, -0.1) is 0 Å². The Balaban J connectivity index is 1.74. The molecule has 2 N–H and O–H groups in total. The molecule has 1 unspecified atom stereocenters. The quantitative estimate of drug-likeness (QED) is 0.812. The van der Waals surface area contributed by atoms with Gasteiger partial charge in [-0.2, -0.15) is 0 Å². The molecular formula is C15H27N3O3. The largest absolute Gasteiger partial charge is 0.368 e. The van der Waals surface area contributed by atoms with Gasteiger partial charge < -0.3 is 20.3 Å². The summed E-state index contributed by atoms with van der Waals surface area (Å²) in [6, 6.07) is 0. The van der Waals surface area contributed by atoms with E-state index < -0.39 is 0 Å². The molecule has 2 heterocycles. The fraction of sp³-hybridized carbons (Fsp3) is 0.867. The molecule has 0 aliphatic carbocycles. The average Bonchev–Trinajstić information content (AvgIpc) is 2.97. The molecule has 2 fully saturated rings. The Morgan fingerprint density at radius 1 is 1.19 bits per heavy atom. The Labute approximate surface area is 126 Å². The van der Waals surface area contributed by atoms with Crippen LogP contribution in [0.15, 0.2) is 0 Å². The summed E-state index contributed by atoms with van der Waals surface area (Å²) in [4.78, 5) is 28.0. The van der Waals surface area contributed by atoms with Crippen LogP contribution in [0.4, 0.5) is 0 Å². The Kier molecular flexibility index (Phi) is 5.22. The molecule has 0 spiro atoms. The number of piperazine rings is 1. The zero-order valence-corrected chi connectivity index (χ0v) is 13.1. The van der Waals surface area contributed by atoms with Gasteiger partial charge in [0.15, 0.2) is 0 Å². The van der Waals surface area contributed by atoms with Gasteiger partial charge in [-0.05, 0) is 33.1 Å². The second kappa shape index (κ2) is 6.75. The van der Waals surface area contributed by atoms with Crippen LogP contribution < -0.4 is 5.73 Å². The van der Waals surface area contributed by atoms with Gasteiger partial charge in [0.2, 0.25) is 5.91 Å². The summed E-state index contributed by atoms with van der Waals surface area (Å²) in [7, 11) is 0. The van der Waals surface area contributed by atoms with Crippen molar-refractivity contribution in [1.29, 1.82) is 0 Å². The molecule has 0 saturated carbocycles. The molecule has 1 atom stereocenters. The van der Waals surface area contributed by atoms with E-state index in [1.54, 1.807) is 0 Å². The first-order valence-corrected chi connectivity index (χ1v) is 7.84. The standard InChI is InChI=1S/C15H27N3O3/c1-15(2,16)6-5-13(19)17-7-9-18(10-8-17)14(20)12-4-3-11-21-12/h12H,3-11,16H2,1-2H3. The van der Waals surface area contributed by atoms with Gasteiger partial charge in [-0.1, -0.05) is 0 Å². The van der Waals surface area contributed by atoms with Crippen LogP contribution in [0.25, 0.3) is 0 Å². The molecule has 2 aliphatic rings. The fourth-order valence-corrected chi connectivity index (χ4v) is 2.74. The van der Waals surface area contributed by atoms with Crippen LogP contribution in [0.2, 0.25) is 0 Å². The number of nitrogens with two attached hydrogens (primary N) is 1. The SMILES string of the molecule is CC(C)(N)CCC(=O)N1CCN(C(=O)C2CCCO2)CC1. The lowest BCUT2D eigenvalue weighted by molar-refractivity contribution is -0.146. The summed E-state index contributed by atoms with van der Waals surface area (Å²) in [5.41, 5.74) is 5.60. The van der Waals surface area contributed by atoms with Crippen molar-refractivity contribution < 1.29 is 14.3 Å². The minimum absolute atomic E-state index is 0.0858. The zero-order chi connectivity index (χ0) is 15.5. The van der Waals surface area contributed by atoms with Crippen LogP contribution in [0, 0.1) is 0 Å². The molecule has 0 aromatic heterocycles. The maximum atomic E-state index is 12.2. The van der Waals surface area contributed by atoms with Gasteiger partial charge in [0, 0.05) is 44.7 Å². The molecule has 2 saturated heterocycles. The van der Waals surface area contributed by atoms with Crippen LogP contribution in [0.3, 0.4) is 0 Å². The van der Waals surface area contributed by atoms with Gasteiger partial charge in [0.25, 0.3) is 5.91 Å². The molecule has 0 aromatic rings. The van der Waals surface area contributed by atoms with E-state index in [-0.39, 0.29) is 23.5 Å². The van der Waals surface area contributed by atoms with Gasteiger partial charge in [-0.3, -0.25) is 9.59 Å². The van der Waals surface area contributed by atoms with Crippen molar-refractivity contribution in [2.45, 2.75) is 51.2 Å². The third-order valence-corrected chi connectivity index (χ3v) is 4.13. The van der Waals surface area contributed by atoms with Gasteiger partial charge in [0.05, 0.1) is 0 Å². The molecule has 6 heteroatoms. The highest BCUT2D eigenvalue weighted by molar-refractivity contribution is 5.82. The highest BCUT2D eigenvalue weighted by Gasteiger charge is 2.31. The van der Waals surface area contributed by atoms with Gasteiger partial charge >= 0.3 is 0 Å². The van der Waals surface area contributed by atoms with E-state index in [9.17, 15) is 9.59 Å². The molecule has 6 nitrogen and oxygen atoms in total. The van der Waals surface area contributed by atoms with Crippen molar-refractivity contribution in [2.75, 3.05) is 32.8 Å². The number of nitrogens with zero attached hydrogens (tertiary/aromatic N) is 2. The van der Waals surface area contributed by atoms with E-state index >= 15 is 0 Å². The zero-order valence-electron chi connectivity index (χ0n) is 13.1. The normalized spacial score (nSPS) is 23.5.